The van der Waals surface area contributed by atoms with E-state index in [1.807, 2.05) is 48.5 Å². The molecule has 0 spiro atoms. The van der Waals surface area contributed by atoms with Crippen LogP contribution in [0.1, 0.15) is 46.8 Å². The van der Waals surface area contributed by atoms with E-state index in [1.54, 1.807) is 0 Å². The van der Waals surface area contributed by atoms with Gasteiger partial charge >= 0.3 is 0 Å². The van der Waals surface area contributed by atoms with Crippen LogP contribution in [0.25, 0.3) is 0 Å². The molecule has 0 aliphatic carbocycles. The lowest BCUT2D eigenvalue weighted by molar-refractivity contribution is 0.0951. The van der Waals surface area contributed by atoms with Crippen molar-refractivity contribution in [2.75, 3.05) is 0 Å². The fourth-order valence-corrected chi connectivity index (χ4v) is 2.14. The van der Waals surface area contributed by atoms with Crippen molar-refractivity contribution < 1.29 is 9.90 Å². The van der Waals surface area contributed by atoms with Crippen molar-refractivity contribution in [3.8, 4) is 0 Å². The molecule has 0 fully saturated rings. The number of hydrogen-bond acceptors (Lipinski definition) is 2. The van der Waals surface area contributed by atoms with Gasteiger partial charge in [-0.15, -0.1) is 0 Å². The lowest BCUT2D eigenvalue weighted by Gasteiger charge is -2.08. The van der Waals surface area contributed by atoms with Gasteiger partial charge in [-0.1, -0.05) is 50.2 Å². The van der Waals surface area contributed by atoms with Crippen molar-refractivity contribution in [3.05, 3.63) is 70.8 Å². The maximum absolute atomic E-state index is 12.1. The molecule has 2 N–H and O–H groups in total. The molecule has 0 saturated heterocycles. The molecule has 0 atom stereocenters. The predicted molar refractivity (Wildman–Crippen MR) is 84.1 cm³/mol. The largest absolute Gasteiger partial charge is 0.392 e. The fourth-order valence-electron chi connectivity index (χ4n) is 2.14. The van der Waals surface area contributed by atoms with Gasteiger partial charge in [-0.25, -0.2) is 0 Å². The third kappa shape index (κ3) is 4.17. The van der Waals surface area contributed by atoms with Crippen molar-refractivity contribution >= 4 is 5.91 Å². The SMILES string of the molecule is CC(C)c1ccc(C(=O)NCc2cccc(CO)c2)cc1. The Morgan fingerprint density at radius 1 is 1.10 bits per heavy atom. The number of carbonyl (C=O) groups excluding carboxylic acids is 1. The quantitative estimate of drug-likeness (QED) is 0.885. The third-order valence-corrected chi connectivity index (χ3v) is 3.47. The minimum absolute atomic E-state index is 0.0124. The number of amides is 1. The van der Waals surface area contributed by atoms with Gasteiger partial charge in [0.05, 0.1) is 6.61 Å². The lowest BCUT2D eigenvalue weighted by atomic mass is 10.0. The molecule has 0 unspecified atom stereocenters. The first kappa shape index (κ1) is 15.3. The second-order valence-corrected chi connectivity index (χ2v) is 5.44. The highest BCUT2D eigenvalue weighted by Crippen LogP contribution is 2.14. The van der Waals surface area contributed by atoms with Crippen molar-refractivity contribution in [1.29, 1.82) is 0 Å². The molecule has 2 aromatic rings. The number of benzene rings is 2. The standard InChI is InChI=1S/C18H21NO2/c1-13(2)16-6-8-17(9-7-16)18(21)19-11-14-4-3-5-15(10-14)12-20/h3-10,13,20H,11-12H2,1-2H3,(H,19,21). The number of rotatable bonds is 5. The fraction of sp³-hybridized carbons (Fsp3) is 0.278. The van der Waals surface area contributed by atoms with Crippen molar-refractivity contribution in [2.24, 2.45) is 0 Å². The Bertz CT molecular complexity index is 603. The summed E-state index contributed by atoms with van der Waals surface area (Å²) in [5, 5.41) is 12.0. The summed E-state index contributed by atoms with van der Waals surface area (Å²) in [7, 11) is 0. The highest BCUT2D eigenvalue weighted by molar-refractivity contribution is 5.94. The summed E-state index contributed by atoms with van der Waals surface area (Å²) in [6.45, 7) is 4.73. The lowest BCUT2D eigenvalue weighted by Crippen LogP contribution is -2.22. The summed E-state index contributed by atoms with van der Waals surface area (Å²) < 4.78 is 0. The first-order valence-electron chi connectivity index (χ1n) is 7.17. The van der Waals surface area contributed by atoms with Crippen molar-refractivity contribution in [3.63, 3.8) is 0 Å². The third-order valence-electron chi connectivity index (χ3n) is 3.47. The van der Waals surface area contributed by atoms with E-state index < -0.39 is 0 Å². The maximum Gasteiger partial charge on any atom is 0.251 e. The van der Waals surface area contributed by atoms with Gasteiger partial charge in [-0.05, 0) is 34.7 Å². The minimum Gasteiger partial charge on any atom is -0.392 e. The van der Waals surface area contributed by atoms with Gasteiger partial charge in [0.15, 0.2) is 0 Å². The van der Waals surface area contributed by atoms with E-state index in [1.165, 1.54) is 5.56 Å². The van der Waals surface area contributed by atoms with Crippen LogP contribution in [0.2, 0.25) is 0 Å². The van der Waals surface area contributed by atoms with Crippen LogP contribution in [0, 0.1) is 0 Å². The minimum atomic E-state index is -0.0836. The molecule has 0 radical (unpaired) electrons. The summed E-state index contributed by atoms with van der Waals surface area (Å²) in [5.74, 6) is 0.378. The first-order chi connectivity index (χ1) is 10.1. The number of nitrogens with one attached hydrogen (secondary N) is 1. The van der Waals surface area contributed by atoms with Crippen LogP contribution in [0.3, 0.4) is 0 Å². The Morgan fingerprint density at radius 3 is 2.38 bits per heavy atom. The summed E-state index contributed by atoms with van der Waals surface area (Å²) in [4.78, 5) is 12.1. The van der Waals surface area contributed by atoms with E-state index in [9.17, 15) is 4.79 Å². The molecule has 0 heterocycles. The molecule has 0 aromatic heterocycles. The van der Waals surface area contributed by atoms with Gasteiger partial charge in [0.2, 0.25) is 0 Å². The van der Waals surface area contributed by atoms with Crippen LogP contribution in [0.5, 0.6) is 0 Å². The van der Waals surface area contributed by atoms with Gasteiger partial charge in [0.1, 0.15) is 0 Å². The smallest absolute Gasteiger partial charge is 0.251 e. The molecule has 1 amide bonds. The van der Waals surface area contributed by atoms with E-state index in [0.717, 1.165) is 11.1 Å². The zero-order valence-corrected chi connectivity index (χ0v) is 12.5. The van der Waals surface area contributed by atoms with Crippen LogP contribution in [0.15, 0.2) is 48.5 Å². The average Bonchev–Trinajstić information content (AvgIpc) is 2.53. The Labute approximate surface area is 125 Å². The van der Waals surface area contributed by atoms with Crippen molar-refractivity contribution in [1.82, 2.24) is 5.32 Å². The number of aliphatic hydroxyl groups excluding tert-OH is 1. The van der Waals surface area contributed by atoms with E-state index in [2.05, 4.69) is 19.2 Å². The summed E-state index contributed by atoms with van der Waals surface area (Å²) in [5.41, 5.74) is 3.72. The summed E-state index contributed by atoms with van der Waals surface area (Å²) in [6.07, 6.45) is 0. The van der Waals surface area contributed by atoms with E-state index in [4.69, 9.17) is 5.11 Å². The normalized spacial score (nSPS) is 10.7. The number of carbonyl (C=O) groups is 1. The zero-order valence-electron chi connectivity index (χ0n) is 12.5. The molecule has 110 valence electrons. The topological polar surface area (TPSA) is 49.3 Å². The highest BCUT2D eigenvalue weighted by Gasteiger charge is 2.06. The van der Waals surface area contributed by atoms with E-state index in [0.29, 0.717) is 18.0 Å². The van der Waals surface area contributed by atoms with Gasteiger partial charge < -0.3 is 10.4 Å². The van der Waals surface area contributed by atoms with Crippen LogP contribution in [-0.2, 0) is 13.2 Å². The monoisotopic (exact) mass is 283 g/mol. The Kier molecular flexibility index (Phi) is 5.12. The van der Waals surface area contributed by atoms with Crippen LogP contribution in [0.4, 0.5) is 0 Å². The maximum atomic E-state index is 12.1. The molecule has 3 heteroatoms. The second-order valence-electron chi connectivity index (χ2n) is 5.44. The molecular formula is C18H21NO2. The average molecular weight is 283 g/mol. The number of hydrogen-bond donors (Lipinski definition) is 2. The molecule has 2 rings (SSSR count). The number of aliphatic hydroxyl groups is 1. The van der Waals surface area contributed by atoms with Gasteiger partial charge in [-0.3, -0.25) is 4.79 Å². The Balaban J connectivity index is 1.97. The summed E-state index contributed by atoms with van der Waals surface area (Å²) in [6, 6.07) is 15.3. The second kappa shape index (κ2) is 7.04. The molecular weight excluding hydrogens is 262 g/mol. The molecule has 0 aliphatic rings. The molecule has 0 saturated carbocycles. The van der Waals surface area contributed by atoms with Crippen LogP contribution >= 0.6 is 0 Å². The zero-order chi connectivity index (χ0) is 15.2. The summed E-state index contributed by atoms with van der Waals surface area (Å²) >= 11 is 0. The first-order valence-corrected chi connectivity index (χ1v) is 7.17. The molecule has 2 aromatic carbocycles. The van der Waals surface area contributed by atoms with E-state index >= 15 is 0 Å². The predicted octanol–water partition coefficient (Wildman–Crippen LogP) is 3.23. The van der Waals surface area contributed by atoms with E-state index in [-0.39, 0.29) is 12.5 Å². The van der Waals surface area contributed by atoms with Crippen LogP contribution in [-0.4, -0.2) is 11.0 Å². The Morgan fingerprint density at radius 2 is 1.76 bits per heavy atom. The van der Waals surface area contributed by atoms with Crippen LogP contribution < -0.4 is 5.32 Å². The molecule has 3 nitrogen and oxygen atoms in total. The molecule has 0 aliphatic heterocycles. The van der Waals surface area contributed by atoms with Gasteiger partial charge in [0.25, 0.3) is 5.91 Å². The highest BCUT2D eigenvalue weighted by atomic mass is 16.3. The Hall–Kier alpha value is -2.13. The molecule has 0 bridgehead atoms. The van der Waals surface area contributed by atoms with Crippen molar-refractivity contribution in [2.45, 2.75) is 32.9 Å². The van der Waals surface area contributed by atoms with Gasteiger partial charge in [-0.2, -0.15) is 0 Å². The van der Waals surface area contributed by atoms with Gasteiger partial charge in [0, 0.05) is 12.1 Å². The molecule has 21 heavy (non-hydrogen) atoms.